The van der Waals surface area contributed by atoms with Crippen molar-refractivity contribution in [3.8, 4) is 0 Å². The molecular formula is C18H15ClN4OS2. The molecule has 0 amide bonds. The number of para-hydroxylation sites is 1. The zero-order valence-electron chi connectivity index (χ0n) is 13.9. The number of hydrogen-bond donors (Lipinski definition) is 0. The van der Waals surface area contributed by atoms with Gasteiger partial charge in [-0.1, -0.05) is 59.0 Å². The third kappa shape index (κ3) is 3.42. The van der Waals surface area contributed by atoms with Gasteiger partial charge >= 0.3 is 4.87 Å². The quantitative estimate of drug-likeness (QED) is 0.470. The van der Waals surface area contributed by atoms with Crippen LogP contribution in [0.1, 0.15) is 11.4 Å². The van der Waals surface area contributed by atoms with Crippen LogP contribution >= 0.6 is 34.7 Å². The summed E-state index contributed by atoms with van der Waals surface area (Å²) in [5.41, 5.74) is 2.10. The molecule has 0 aliphatic heterocycles. The normalized spacial score (nSPS) is 11.3. The highest BCUT2D eigenvalue weighted by molar-refractivity contribution is 7.98. The molecule has 0 N–H and O–H groups in total. The van der Waals surface area contributed by atoms with Crippen LogP contribution in [-0.2, 0) is 19.3 Å². The van der Waals surface area contributed by atoms with Gasteiger partial charge in [0.25, 0.3) is 0 Å². The molecule has 132 valence electrons. The molecule has 4 aromatic rings. The van der Waals surface area contributed by atoms with Crippen LogP contribution < -0.4 is 4.87 Å². The van der Waals surface area contributed by atoms with Crippen LogP contribution in [0.25, 0.3) is 10.2 Å². The van der Waals surface area contributed by atoms with Gasteiger partial charge in [0.05, 0.1) is 16.8 Å². The predicted molar refractivity (Wildman–Crippen MR) is 107 cm³/mol. The summed E-state index contributed by atoms with van der Waals surface area (Å²) in [5.74, 6) is 1.54. The zero-order valence-corrected chi connectivity index (χ0v) is 16.3. The van der Waals surface area contributed by atoms with E-state index in [0.29, 0.717) is 6.54 Å². The van der Waals surface area contributed by atoms with E-state index in [2.05, 4.69) is 10.2 Å². The summed E-state index contributed by atoms with van der Waals surface area (Å²) in [6.07, 6.45) is 0. The van der Waals surface area contributed by atoms with E-state index in [4.69, 9.17) is 11.6 Å². The lowest BCUT2D eigenvalue weighted by molar-refractivity contribution is 0.681. The molecule has 0 fully saturated rings. The molecule has 2 aromatic heterocycles. The average Bonchev–Trinajstić information content (AvgIpc) is 3.15. The number of nitrogens with zero attached hydrogens (tertiary/aromatic N) is 4. The summed E-state index contributed by atoms with van der Waals surface area (Å²) in [6, 6.07) is 15.6. The minimum atomic E-state index is 0.0181. The predicted octanol–water partition coefficient (Wildman–Crippen LogP) is 4.19. The van der Waals surface area contributed by atoms with Crippen LogP contribution in [0.2, 0.25) is 5.02 Å². The monoisotopic (exact) mass is 402 g/mol. The van der Waals surface area contributed by atoms with E-state index in [0.717, 1.165) is 32.0 Å². The molecule has 0 radical (unpaired) electrons. The molecule has 0 unspecified atom stereocenters. The van der Waals surface area contributed by atoms with Gasteiger partial charge in [0.2, 0.25) is 0 Å². The van der Waals surface area contributed by atoms with E-state index in [1.165, 1.54) is 16.9 Å². The van der Waals surface area contributed by atoms with E-state index in [9.17, 15) is 4.79 Å². The van der Waals surface area contributed by atoms with Gasteiger partial charge in [0, 0.05) is 17.8 Å². The van der Waals surface area contributed by atoms with Crippen molar-refractivity contribution < 1.29 is 0 Å². The maximum absolute atomic E-state index is 12.3. The van der Waals surface area contributed by atoms with Gasteiger partial charge in [0.15, 0.2) is 11.0 Å². The van der Waals surface area contributed by atoms with Crippen molar-refractivity contribution in [2.45, 2.75) is 17.5 Å². The minimum Gasteiger partial charge on any atom is -0.308 e. The fraction of sp³-hybridized carbons (Fsp3) is 0.167. The summed E-state index contributed by atoms with van der Waals surface area (Å²) in [7, 11) is 1.93. The Labute approximate surface area is 163 Å². The highest BCUT2D eigenvalue weighted by Crippen LogP contribution is 2.23. The summed E-state index contributed by atoms with van der Waals surface area (Å²) >= 11 is 8.78. The molecule has 5 nitrogen and oxygen atoms in total. The number of rotatable bonds is 5. The second-order valence-corrected chi connectivity index (χ2v) is 8.17. The van der Waals surface area contributed by atoms with Crippen LogP contribution in [0.15, 0.2) is 58.5 Å². The number of fused-ring (bicyclic) bond motifs is 1. The summed E-state index contributed by atoms with van der Waals surface area (Å²) in [4.78, 5) is 12.3. The second kappa shape index (κ2) is 7.26. The van der Waals surface area contributed by atoms with Gasteiger partial charge in [-0.3, -0.25) is 9.36 Å². The molecule has 0 atom stereocenters. The largest absolute Gasteiger partial charge is 0.308 e. The first kappa shape index (κ1) is 17.3. The molecule has 0 aliphatic rings. The second-order valence-electron chi connectivity index (χ2n) is 5.79. The molecule has 8 heteroatoms. The molecule has 0 saturated carbocycles. The van der Waals surface area contributed by atoms with E-state index in [-0.39, 0.29) is 4.87 Å². The number of aromatic nitrogens is 4. The van der Waals surface area contributed by atoms with Gasteiger partial charge < -0.3 is 4.57 Å². The molecule has 2 aromatic carbocycles. The van der Waals surface area contributed by atoms with Crippen molar-refractivity contribution in [3.05, 3.63) is 74.6 Å². The third-order valence-electron chi connectivity index (χ3n) is 4.08. The first-order valence-corrected chi connectivity index (χ1v) is 10.1. The van der Waals surface area contributed by atoms with E-state index in [1.54, 1.807) is 16.3 Å². The molecule has 0 bridgehead atoms. The van der Waals surface area contributed by atoms with Crippen LogP contribution in [0.3, 0.4) is 0 Å². The average molecular weight is 403 g/mol. The van der Waals surface area contributed by atoms with Crippen LogP contribution in [0, 0.1) is 0 Å². The van der Waals surface area contributed by atoms with Gasteiger partial charge in [-0.25, -0.2) is 0 Å². The summed E-state index contributed by atoms with van der Waals surface area (Å²) in [5, 5.41) is 10.1. The van der Waals surface area contributed by atoms with Crippen molar-refractivity contribution in [2.24, 2.45) is 7.05 Å². The lowest BCUT2D eigenvalue weighted by Crippen LogP contribution is -2.16. The Hall–Kier alpha value is -2.09. The Morgan fingerprint density at radius 2 is 1.88 bits per heavy atom. The number of benzene rings is 2. The Bertz CT molecular complexity index is 1110. The lowest BCUT2D eigenvalue weighted by atomic mass is 10.2. The first-order valence-electron chi connectivity index (χ1n) is 7.96. The zero-order chi connectivity index (χ0) is 18.1. The summed E-state index contributed by atoms with van der Waals surface area (Å²) in [6.45, 7) is 0.411. The van der Waals surface area contributed by atoms with Crippen molar-refractivity contribution in [1.82, 2.24) is 19.3 Å². The third-order valence-corrected chi connectivity index (χ3v) is 6.38. The summed E-state index contributed by atoms with van der Waals surface area (Å²) < 4.78 is 4.67. The highest BCUT2D eigenvalue weighted by atomic mass is 35.5. The highest BCUT2D eigenvalue weighted by Gasteiger charge is 2.13. The molecular weight excluding hydrogens is 388 g/mol. The smallest absolute Gasteiger partial charge is 0.308 e. The molecule has 2 heterocycles. The fourth-order valence-corrected chi connectivity index (χ4v) is 4.54. The van der Waals surface area contributed by atoms with Crippen molar-refractivity contribution in [3.63, 3.8) is 0 Å². The Balaban J connectivity index is 1.54. The van der Waals surface area contributed by atoms with Crippen molar-refractivity contribution >= 4 is 44.9 Å². The van der Waals surface area contributed by atoms with Gasteiger partial charge in [0.1, 0.15) is 0 Å². The fourth-order valence-electron chi connectivity index (χ4n) is 2.64. The van der Waals surface area contributed by atoms with Crippen LogP contribution in [0.5, 0.6) is 0 Å². The maximum atomic E-state index is 12.3. The lowest BCUT2D eigenvalue weighted by Gasteiger charge is -2.05. The van der Waals surface area contributed by atoms with E-state index in [1.807, 2.05) is 60.1 Å². The number of halogens is 1. The van der Waals surface area contributed by atoms with E-state index < -0.39 is 0 Å². The molecule has 0 aliphatic carbocycles. The van der Waals surface area contributed by atoms with Crippen molar-refractivity contribution in [1.29, 1.82) is 0 Å². The standard InChI is InChI=1S/C18H15ClN4OS2/c1-22-16(10-23-14-4-2-3-5-15(14)26-18(23)24)20-21-17(22)25-11-12-6-8-13(19)9-7-12/h2-9H,10-11H2,1H3. The Kier molecular flexibility index (Phi) is 4.84. The Morgan fingerprint density at radius 1 is 1.12 bits per heavy atom. The number of thiazole rings is 1. The van der Waals surface area contributed by atoms with Gasteiger partial charge in [-0.2, -0.15) is 0 Å². The molecule has 0 saturated heterocycles. The SMILES string of the molecule is Cn1c(Cn2c(=O)sc3ccccc32)nnc1SCc1ccc(Cl)cc1. The minimum absolute atomic E-state index is 0.0181. The van der Waals surface area contributed by atoms with Crippen LogP contribution in [0.4, 0.5) is 0 Å². The topological polar surface area (TPSA) is 52.7 Å². The molecule has 0 spiro atoms. The van der Waals surface area contributed by atoms with Gasteiger partial charge in [-0.15, -0.1) is 10.2 Å². The first-order chi connectivity index (χ1) is 12.6. The molecule has 26 heavy (non-hydrogen) atoms. The van der Waals surface area contributed by atoms with Crippen molar-refractivity contribution in [2.75, 3.05) is 0 Å². The molecule has 4 rings (SSSR count). The Morgan fingerprint density at radius 3 is 2.69 bits per heavy atom. The van der Waals surface area contributed by atoms with E-state index >= 15 is 0 Å². The van der Waals surface area contributed by atoms with Crippen LogP contribution in [-0.4, -0.2) is 19.3 Å². The number of thioether (sulfide) groups is 1. The number of hydrogen-bond acceptors (Lipinski definition) is 5. The maximum Gasteiger partial charge on any atom is 0.308 e. The van der Waals surface area contributed by atoms with Gasteiger partial charge in [-0.05, 0) is 29.8 Å².